The van der Waals surface area contributed by atoms with E-state index < -0.39 is 0 Å². The van der Waals surface area contributed by atoms with Gasteiger partial charge < -0.3 is 18.9 Å². The molecule has 2 fully saturated rings. The summed E-state index contributed by atoms with van der Waals surface area (Å²) in [7, 11) is 0. The van der Waals surface area contributed by atoms with Gasteiger partial charge in [0, 0.05) is 0 Å². The molecule has 0 amide bonds. The van der Waals surface area contributed by atoms with Crippen molar-refractivity contribution in [2.24, 2.45) is 0 Å². The van der Waals surface area contributed by atoms with Gasteiger partial charge in [-0.1, -0.05) is 26.7 Å². The summed E-state index contributed by atoms with van der Waals surface area (Å²) in [5, 5.41) is 0. The van der Waals surface area contributed by atoms with Crippen LogP contribution in [-0.2, 0) is 18.9 Å². The number of hydrogen-bond acceptors (Lipinski definition) is 4. The van der Waals surface area contributed by atoms with Gasteiger partial charge in [-0.3, -0.25) is 0 Å². The average molecular weight is 258 g/mol. The first-order valence-corrected chi connectivity index (χ1v) is 7.29. The van der Waals surface area contributed by atoms with E-state index in [0.717, 1.165) is 38.9 Å². The lowest BCUT2D eigenvalue weighted by Gasteiger charge is -2.27. The fourth-order valence-electron chi connectivity index (χ4n) is 2.11. The van der Waals surface area contributed by atoms with E-state index in [-0.39, 0.29) is 12.2 Å². The maximum atomic E-state index is 5.98. The van der Waals surface area contributed by atoms with E-state index in [1.165, 1.54) is 0 Å². The maximum Gasteiger partial charge on any atom is 0.104 e. The third kappa shape index (κ3) is 5.22. The summed E-state index contributed by atoms with van der Waals surface area (Å²) < 4.78 is 22.4. The number of epoxide rings is 2. The van der Waals surface area contributed by atoms with Gasteiger partial charge in [-0.15, -0.1) is 0 Å². The number of hydrogen-bond donors (Lipinski definition) is 0. The maximum absolute atomic E-state index is 5.98. The first-order valence-electron chi connectivity index (χ1n) is 7.29. The molecular formula is C14H26O4. The molecule has 0 aromatic rings. The molecule has 0 N–H and O–H groups in total. The zero-order chi connectivity index (χ0) is 12.8. The summed E-state index contributed by atoms with van der Waals surface area (Å²) in [6.07, 6.45) is 5.44. The van der Waals surface area contributed by atoms with E-state index >= 15 is 0 Å². The van der Waals surface area contributed by atoms with E-state index in [0.29, 0.717) is 25.4 Å². The Hall–Kier alpha value is -0.160. The highest BCUT2D eigenvalue weighted by Gasteiger charge is 2.30. The van der Waals surface area contributed by atoms with Crippen molar-refractivity contribution in [3.05, 3.63) is 0 Å². The molecule has 4 atom stereocenters. The van der Waals surface area contributed by atoms with Crippen LogP contribution >= 0.6 is 0 Å². The van der Waals surface area contributed by atoms with E-state index in [1.807, 2.05) is 0 Å². The molecule has 0 spiro atoms. The van der Waals surface area contributed by atoms with Crippen LogP contribution in [0.1, 0.15) is 39.5 Å². The van der Waals surface area contributed by atoms with Gasteiger partial charge in [0.25, 0.3) is 0 Å². The third-order valence-electron chi connectivity index (χ3n) is 3.36. The van der Waals surface area contributed by atoms with Gasteiger partial charge in [0.05, 0.1) is 38.6 Å². The Morgan fingerprint density at radius 3 is 1.56 bits per heavy atom. The molecule has 4 nitrogen and oxygen atoms in total. The molecule has 0 aromatic carbocycles. The van der Waals surface area contributed by atoms with Crippen molar-refractivity contribution >= 4 is 0 Å². The van der Waals surface area contributed by atoms with E-state index in [1.54, 1.807) is 0 Å². The van der Waals surface area contributed by atoms with Crippen LogP contribution < -0.4 is 0 Å². The Labute approximate surface area is 110 Å². The van der Waals surface area contributed by atoms with Crippen molar-refractivity contribution in [1.29, 1.82) is 0 Å². The van der Waals surface area contributed by atoms with Crippen molar-refractivity contribution in [2.75, 3.05) is 26.4 Å². The number of ether oxygens (including phenoxy) is 4. The Morgan fingerprint density at radius 1 is 0.889 bits per heavy atom. The van der Waals surface area contributed by atoms with Crippen molar-refractivity contribution in [3.63, 3.8) is 0 Å². The molecule has 4 unspecified atom stereocenters. The zero-order valence-electron chi connectivity index (χ0n) is 11.6. The van der Waals surface area contributed by atoms with Crippen molar-refractivity contribution in [3.8, 4) is 0 Å². The van der Waals surface area contributed by atoms with Crippen LogP contribution in [0.4, 0.5) is 0 Å². The van der Waals surface area contributed by atoms with Crippen LogP contribution in [0, 0.1) is 0 Å². The summed E-state index contributed by atoms with van der Waals surface area (Å²) >= 11 is 0. The average Bonchev–Trinajstić information content (AvgIpc) is 3.25. The summed E-state index contributed by atoms with van der Waals surface area (Å²) in [5.41, 5.74) is 0. The first-order chi connectivity index (χ1) is 8.83. The van der Waals surface area contributed by atoms with Gasteiger partial charge in [-0.05, 0) is 12.8 Å². The molecule has 0 saturated carbocycles. The summed E-state index contributed by atoms with van der Waals surface area (Å²) in [6, 6.07) is 0. The summed E-state index contributed by atoms with van der Waals surface area (Å²) in [5.74, 6) is 0. The fourth-order valence-corrected chi connectivity index (χ4v) is 2.11. The normalized spacial score (nSPS) is 29.0. The molecule has 106 valence electrons. The second kappa shape index (κ2) is 7.43. The number of rotatable bonds is 11. The van der Waals surface area contributed by atoms with Crippen molar-refractivity contribution < 1.29 is 18.9 Å². The lowest BCUT2D eigenvalue weighted by atomic mass is 10.0. The molecule has 0 bridgehead atoms. The van der Waals surface area contributed by atoms with Crippen LogP contribution in [0.2, 0.25) is 0 Å². The molecule has 2 heterocycles. The van der Waals surface area contributed by atoms with Crippen LogP contribution in [-0.4, -0.2) is 50.8 Å². The molecule has 4 heteroatoms. The monoisotopic (exact) mass is 258 g/mol. The second-order valence-corrected chi connectivity index (χ2v) is 5.23. The second-order valence-electron chi connectivity index (χ2n) is 5.23. The minimum atomic E-state index is 0.206. The largest absolute Gasteiger partial charge is 0.373 e. The quantitative estimate of drug-likeness (QED) is 0.533. The van der Waals surface area contributed by atoms with E-state index in [4.69, 9.17) is 18.9 Å². The summed E-state index contributed by atoms with van der Waals surface area (Å²) in [6.45, 7) is 7.53. The standard InChI is InChI=1S/C14H26O4/c1-3-5-13(17-9-11-7-15-11)14(6-4-2)18-10-12-8-16-12/h11-14H,3-10H2,1-2H3. The molecule has 0 aromatic heterocycles. The SMILES string of the molecule is CCCC(OCC1CO1)C(CCC)OCC1CO1. The minimum Gasteiger partial charge on any atom is -0.373 e. The predicted octanol–water partition coefficient (Wildman–Crippen LogP) is 2.15. The van der Waals surface area contributed by atoms with Gasteiger partial charge in [-0.2, -0.15) is 0 Å². The Morgan fingerprint density at radius 2 is 1.28 bits per heavy atom. The van der Waals surface area contributed by atoms with Gasteiger partial charge >= 0.3 is 0 Å². The summed E-state index contributed by atoms with van der Waals surface area (Å²) in [4.78, 5) is 0. The van der Waals surface area contributed by atoms with E-state index in [2.05, 4.69) is 13.8 Å². The van der Waals surface area contributed by atoms with Crippen molar-refractivity contribution in [2.45, 2.75) is 63.9 Å². The molecule has 2 saturated heterocycles. The van der Waals surface area contributed by atoms with Gasteiger partial charge in [-0.25, -0.2) is 0 Å². The highest BCUT2D eigenvalue weighted by atomic mass is 16.6. The highest BCUT2D eigenvalue weighted by Crippen LogP contribution is 2.20. The zero-order valence-corrected chi connectivity index (χ0v) is 11.6. The minimum absolute atomic E-state index is 0.206. The van der Waals surface area contributed by atoms with Gasteiger partial charge in [0.1, 0.15) is 12.2 Å². The van der Waals surface area contributed by atoms with Crippen LogP contribution in [0.25, 0.3) is 0 Å². The van der Waals surface area contributed by atoms with Gasteiger partial charge in [0.2, 0.25) is 0 Å². The molecular weight excluding hydrogens is 232 g/mol. The molecule has 2 aliphatic rings. The Bertz CT molecular complexity index is 202. The Balaban J connectivity index is 1.75. The third-order valence-corrected chi connectivity index (χ3v) is 3.36. The first kappa shape index (κ1) is 14.3. The molecule has 18 heavy (non-hydrogen) atoms. The van der Waals surface area contributed by atoms with Crippen LogP contribution in [0.3, 0.4) is 0 Å². The molecule has 0 aliphatic carbocycles. The lowest BCUT2D eigenvalue weighted by Crippen LogP contribution is -2.33. The van der Waals surface area contributed by atoms with Crippen LogP contribution in [0.5, 0.6) is 0 Å². The molecule has 2 aliphatic heterocycles. The van der Waals surface area contributed by atoms with Crippen LogP contribution in [0.15, 0.2) is 0 Å². The van der Waals surface area contributed by atoms with Crippen molar-refractivity contribution in [1.82, 2.24) is 0 Å². The Kier molecular flexibility index (Phi) is 5.89. The molecule has 2 rings (SSSR count). The smallest absolute Gasteiger partial charge is 0.104 e. The fraction of sp³-hybridized carbons (Fsp3) is 1.00. The highest BCUT2D eigenvalue weighted by molar-refractivity contribution is 4.76. The van der Waals surface area contributed by atoms with E-state index in [9.17, 15) is 0 Å². The molecule has 0 radical (unpaired) electrons. The van der Waals surface area contributed by atoms with Gasteiger partial charge in [0.15, 0.2) is 0 Å². The lowest BCUT2D eigenvalue weighted by molar-refractivity contribution is -0.0852. The predicted molar refractivity (Wildman–Crippen MR) is 68.8 cm³/mol. The topological polar surface area (TPSA) is 43.5 Å².